The van der Waals surface area contributed by atoms with E-state index < -0.39 is 5.91 Å². The number of nitrogens with two attached hydrogens (primary N) is 1. The van der Waals surface area contributed by atoms with Gasteiger partial charge in [-0.1, -0.05) is 19.1 Å². The molecule has 0 aliphatic rings. The van der Waals surface area contributed by atoms with E-state index in [0.717, 1.165) is 12.1 Å². The highest BCUT2D eigenvalue weighted by Gasteiger charge is 2.04. The first-order valence-electron chi connectivity index (χ1n) is 4.25. The van der Waals surface area contributed by atoms with Gasteiger partial charge in [0.15, 0.2) is 0 Å². The minimum absolute atomic E-state index is 0.102. The number of nitrogens with zero attached hydrogens (tertiary/aromatic N) is 3. The second kappa shape index (κ2) is 4.02. The monoisotopic (exact) mass is 182 g/mol. The molecule has 0 unspecified atom stereocenters. The van der Waals surface area contributed by atoms with Gasteiger partial charge in [-0.3, -0.25) is 4.79 Å². The van der Waals surface area contributed by atoms with Gasteiger partial charge in [-0.25, -0.2) is 4.68 Å². The quantitative estimate of drug-likeness (QED) is 0.710. The number of hydrogen-bond donors (Lipinski definition) is 1. The SMILES string of the molecule is CC(C)Cc1cn(CC(N)=O)nn1. The van der Waals surface area contributed by atoms with Gasteiger partial charge < -0.3 is 5.73 Å². The van der Waals surface area contributed by atoms with Crippen molar-refractivity contribution in [1.29, 1.82) is 0 Å². The maximum atomic E-state index is 10.5. The van der Waals surface area contributed by atoms with Crippen LogP contribution in [-0.4, -0.2) is 20.9 Å². The van der Waals surface area contributed by atoms with Crippen molar-refractivity contribution in [2.75, 3.05) is 0 Å². The van der Waals surface area contributed by atoms with E-state index in [4.69, 9.17) is 5.73 Å². The average Bonchev–Trinajstić information content (AvgIpc) is 2.33. The van der Waals surface area contributed by atoms with Crippen LogP contribution in [0, 0.1) is 5.92 Å². The van der Waals surface area contributed by atoms with Crippen LogP contribution in [0.4, 0.5) is 0 Å². The first-order chi connectivity index (χ1) is 6.08. The normalized spacial score (nSPS) is 10.7. The van der Waals surface area contributed by atoms with Crippen LogP contribution >= 0.6 is 0 Å². The van der Waals surface area contributed by atoms with E-state index in [0.29, 0.717) is 5.92 Å². The Kier molecular flexibility index (Phi) is 3.00. The van der Waals surface area contributed by atoms with Crippen LogP contribution in [0.2, 0.25) is 0 Å². The lowest BCUT2D eigenvalue weighted by atomic mass is 10.1. The summed E-state index contributed by atoms with van der Waals surface area (Å²) >= 11 is 0. The third-order valence-corrected chi connectivity index (χ3v) is 1.52. The van der Waals surface area contributed by atoms with Gasteiger partial charge >= 0.3 is 0 Å². The lowest BCUT2D eigenvalue weighted by Crippen LogP contribution is -2.18. The van der Waals surface area contributed by atoms with E-state index in [1.807, 2.05) is 0 Å². The molecule has 1 heterocycles. The summed E-state index contributed by atoms with van der Waals surface area (Å²) < 4.78 is 1.46. The minimum Gasteiger partial charge on any atom is -0.368 e. The molecule has 2 N–H and O–H groups in total. The molecule has 0 saturated heterocycles. The zero-order valence-electron chi connectivity index (χ0n) is 7.90. The third-order valence-electron chi connectivity index (χ3n) is 1.52. The van der Waals surface area contributed by atoms with Crippen molar-refractivity contribution in [2.24, 2.45) is 11.7 Å². The fourth-order valence-electron chi connectivity index (χ4n) is 1.09. The van der Waals surface area contributed by atoms with Crippen LogP contribution in [0.15, 0.2) is 6.20 Å². The molecule has 1 amide bonds. The van der Waals surface area contributed by atoms with E-state index in [9.17, 15) is 4.79 Å². The van der Waals surface area contributed by atoms with Crippen LogP contribution in [-0.2, 0) is 17.8 Å². The Balaban J connectivity index is 2.58. The lowest BCUT2D eigenvalue weighted by molar-refractivity contribution is -0.118. The van der Waals surface area contributed by atoms with Crippen LogP contribution in [0.5, 0.6) is 0 Å². The molecular formula is C8H14N4O. The van der Waals surface area contributed by atoms with E-state index >= 15 is 0 Å². The number of rotatable bonds is 4. The summed E-state index contributed by atoms with van der Waals surface area (Å²) in [7, 11) is 0. The van der Waals surface area contributed by atoms with Crippen molar-refractivity contribution in [1.82, 2.24) is 15.0 Å². The van der Waals surface area contributed by atoms with Crippen LogP contribution in [0.25, 0.3) is 0 Å². The predicted molar refractivity (Wildman–Crippen MR) is 47.8 cm³/mol. The standard InChI is InChI=1S/C8H14N4O/c1-6(2)3-7-4-12(11-10-7)5-8(9)13/h4,6H,3,5H2,1-2H3,(H2,9,13). The zero-order chi connectivity index (χ0) is 9.84. The Morgan fingerprint density at radius 3 is 2.92 bits per heavy atom. The Morgan fingerprint density at radius 1 is 1.69 bits per heavy atom. The molecule has 0 aliphatic carbocycles. The highest BCUT2D eigenvalue weighted by Crippen LogP contribution is 2.03. The van der Waals surface area contributed by atoms with Crippen molar-refractivity contribution in [3.8, 4) is 0 Å². The highest BCUT2D eigenvalue weighted by atomic mass is 16.1. The largest absolute Gasteiger partial charge is 0.368 e. The van der Waals surface area contributed by atoms with Crippen LogP contribution in [0.1, 0.15) is 19.5 Å². The van der Waals surface area contributed by atoms with E-state index in [-0.39, 0.29) is 6.54 Å². The van der Waals surface area contributed by atoms with Gasteiger partial charge in [-0.15, -0.1) is 5.10 Å². The number of carbonyl (C=O) groups is 1. The molecule has 0 saturated carbocycles. The molecule has 13 heavy (non-hydrogen) atoms. The molecule has 0 aliphatic heterocycles. The molecule has 0 spiro atoms. The highest BCUT2D eigenvalue weighted by molar-refractivity contribution is 5.73. The summed E-state index contributed by atoms with van der Waals surface area (Å²) in [5.74, 6) is 0.139. The second-order valence-electron chi connectivity index (χ2n) is 3.47. The molecule has 5 nitrogen and oxygen atoms in total. The Bertz CT molecular complexity index is 292. The van der Waals surface area contributed by atoms with Crippen molar-refractivity contribution in [3.63, 3.8) is 0 Å². The molecule has 1 aromatic rings. The summed E-state index contributed by atoms with van der Waals surface area (Å²) in [6, 6.07) is 0. The third kappa shape index (κ3) is 3.23. The molecular weight excluding hydrogens is 168 g/mol. The molecule has 0 radical (unpaired) electrons. The lowest BCUT2D eigenvalue weighted by Gasteiger charge is -1.97. The van der Waals surface area contributed by atoms with E-state index in [1.54, 1.807) is 6.20 Å². The topological polar surface area (TPSA) is 73.8 Å². The predicted octanol–water partition coefficient (Wildman–Crippen LogP) is -0.0381. The zero-order valence-corrected chi connectivity index (χ0v) is 7.90. The smallest absolute Gasteiger partial charge is 0.239 e. The van der Waals surface area contributed by atoms with E-state index in [1.165, 1.54) is 4.68 Å². The van der Waals surface area contributed by atoms with Gasteiger partial charge in [-0.2, -0.15) is 0 Å². The van der Waals surface area contributed by atoms with Gasteiger partial charge in [0.05, 0.1) is 5.69 Å². The molecule has 5 heteroatoms. The van der Waals surface area contributed by atoms with Crippen molar-refractivity contribution in [3.05, 3.63) is 11.9 Å². The van der Waals surface area contributed by atoms with Gasteiger partial charge in [0.1, 0.15) is 6.54 Å². The van der Waals surface area contributed by atoms with Gasteiger partial charge in [-0.05, 0) is 12.3 Å². The summed E-state index contributed by atoms with van der Waals surface area (Å²) in [5.41, 5.74) is 5.91. The van der Waals surface area contributed by atoms with Crippen LogP contribution < -0.4 is 5.73 Å². The Morgan fingerprint density at radius 2 is 2.38 bits per heavy atom. The fourth-order valence-corrected chi connectivity index (χ4v) is 1.09. The summed E-state index contributed by atoms with van der Waals surface area (Å²) in [4.78, 5) is 10.5. The number of carbonyl (C=O) groups excluding carboxylic acids is 1. The first kappa shape index (κ1) is 9.70. The summed E-state index contributed by atoms with van der Waals surface area (Å²) in [6.45, 7) is 4.31. The first-order valence-corrected chi connectivity index (χ1v) is 4.25. The summed E-state index contributed by atoms with van der Waals surface area (Å²) in [5, 5.41) is 7.69. The van der Waals surface area contributed by atoms with Crippen LogP contribution in [0.3, 0.4) is 0 Å². The molecule has 0 aromatic carbocycles. The van der Waals surface area contributed by atoms with Crippen molar-refractivity contribution in [2.45, 2.75) is 26.8 Å². The number of amides is 1. The molecule has 1 aromatic heterocycles. The molecule has 1 rings (SSSR count). The number of primary amides is 1. The fraction of sp³-hybridized carbons (Fsp3) is 0.625. The summed E-state index contributed by atoms with van der Waals surface area (Å²) in [6.07, 6.45) is 2.63. The van der Waals surface area contributed by atoms with Gasteiger partial charge in [0.25, 0.3) is 0 Å². The molecule has 72 valence electrons. The Hall–Kier alpha value is -1.39. The maximum absolute atomic E-state index is 10.5. The van der Waals surface area contributed by atoms with Gasteiger partial charge in [0.2, 0.25) is 5.91 Å². The number of aromatic nitrogens is 3. The minimum atomic E-state index is -0.402. The van der Waals surface area contributed by atoms with Crippen molar-refractivity contribution >= 4 is 5.91 Å². The second-order valence-corrected chi connectivity index (χ2v) is 3.47. The Labute approximate surface area is 76.9 Å². The maximum Gasteiger partial charge on any atom is 0.239 e. The van der Waals surface area contributed by atoms with Crippen molar-refractivity contribution < 1.29 is 4.79 Å². The molecule has 0 atom stereocenters. The molecule has 0 fully saturated rings. The molecule has 0 bridgehead atoms. The van der Waals surface area contributed by atoms with Gasteiger partial charge in [0, 0.05) is 6.20 Å². The number of hydrogen-bond acceptors (Lipinski definition) is 3. The average molecular weight is 182 g/mol. The van der Waals surface area contributed by atoms with E-state index in [2.05, 4.69) is 24.2 Å².